The van der Waals surface area contributed by atoms with Crippen LogP contribution in [0, 0.1) is 0 Å². The van der Waals surface area contributed by atoms with E-state index in [-0.39, 0.29) is 16.8 Å². The van der Waals surface area contributed by atoms with Crippen molar-refractivity contribution >= 4 is 31.6 Å². The Morgan fingerprint density at radius 3 is 2.12 bits per heavy atom. The second-order valence-electron chi connectivity index (χ2n) is 7.50. The topological polar surface area (TPSA) is 122 Å². The number of carbonyl (C=O) groups is 1. The lowest BCUT2D eigenvalue weighted by Gasteiger charge is -2.30. The van der Waals surface area contributed by atoms with E-state index in [0.717, 1.165) is 0 Å². The normalized spacial score (nSPS) is 15.8. The number of carbonyl (C=O) groups excluding carboxylic acids is 1. The van der Waals surface area contributed by atoms with E-state index < -0.39 is 20.0 Å². The van der Waals surface area contributed by atoms with Gasteiger partial charge in [-0.05, 0) is 68.3 Å². The Morgan fingerprint density at radius 2 is 1.59 bits per heavy atom. The summed E-state index contributed by atoms with van der Waals surface area (Å²) in [5.41, 5.74) is 0.728. The third kappa shape index (κ3) is 6.21. The van der Waals surface area contributed by atoms with Gasteiger partial charge < -0.3 is 10.1 Å². The van der Waals surface area contributed by atoms with Gasteiger partial charge in [-0.1, -0.05) is 0 Å². The van der Waals surface area contributed by atoms with Gasteiger partial charge in [0.2, 0.25) is 10.0 Å². The molecule has 2 aromatic rings. The first kappa shape index (κ1) is 24.0. The van der Waals surface area contributed by atoms with Crippen molar-refractivity contribution in [2.45, 2.75) is 30.7 Å². The molecule has 0 radical (unpaired) electrons. The number of benzene rings is 2. The zero-order chi connectivity index (χ0) is 23.4. The van der Waals surface area contributed by atoms with Gasteiger partial charge in [0, 0.05) is 30.4 Å². The SMILES string of the molecule is CCOc1ccc(NS(=O)(=O)c2ccc(C(=O)NC3CCN(S(C)(=O)=O)CC3)cc2)cc1. The van der Waals surface area contributed by atoms with Crippen LogP contribution < -0.4 is 14.8 Å². The van der Waals surface area contributed by atoms with Crippen LogP contribution in [-0.4, -0.2) is 59.0 Å². The fourth-order valence-corrected chi connectivity index (χ4v) is 5.32. The summed E-state index contributed by atoms with van der Waals surface area (Å²) < 4.78 is 57.7. The maximum atomic E-state index is 12.6. The van der Waals surface area contributed by atoms with Crippen molar-refractivity contribution in [2.75, 3.05) is 30.7 Å². The molecule has 0 spiro atoms. The minimum absolute atomic E-state index is 0.0318. The van der Waals surface area contributed by atoms with Crippen molar-refractivity contribution in [3.63, 3.8) is 0 Å². The number of nitrogens with one attached hydrogen (secondary N) is 2. The number of rotatable bonds is 8. The molecule has 174 valence electrons. The van der Waals surface area contributed by atoms with Gasteiger partial charge in [-0.15, -0.1) is 0 Å². The average molecular weight is 482 g/mol. The van der Waals surface area contributed by atoms with E-state index in [1.807, 2.05) is 6.92 Å². The zero-order valence-electron chi connectivity index (χ0n) is 17.9. The van der Waals surface area contributed by atoms with E-state index in [2.05, 4.69) is 10.0 Å². The molecule has 2 aromatic carbocycles. The molecule has 0 bridgehead atoms. The maximum Gasteiger partial charge on any atom is 0.261 e. The van der Waals surface area contributed by atoms with Crippen LogP contribution in [0.1, 0.15) is 30.1 Å². The van der Waals surface area contributed by atoms with Crippen molar-refractivity contribution in [2.24, 2.45) is 0 Å². The molecule has 11 heteroatoms. The van der Waals surface area contributed by atoms with Gasteiger partial charge in [0.05, 0.1) is 17.8 Å². The lowest BCUT2D eigenvalue weighted by atomic mass is 10.1. The molecule has 1 amide bonds. The number of ether oxygens (including phenoxy) is 1. The first-order valence-corrected chi connectivity index (χ1v) is 13.5. The molecule has 1 fully saturated rings. The largest absolute Gasteiger partial charge is 0.494 e. The molecule has 0 aromatic heterocycles. The summed E-state index contributed by atoms with van der Waals surface area (Å²) in [6, 6.07) is 12.1. The van der Waals surface area contributed by atoms with Crippen molar-refractivity contribution in [3.8, 4) is 5.75 Å². The highest BCUT2D eigenvalue weighted by Gasteiger charge is 2.26. The average Bonchev–Trinajstić information content (AvgIpc) is 2.75. The number of hydrogen-bond acceptors (Lipinski definition) is 6. The standard InChI is InChI=1S/C21H27N3O6S2/c1-3-30-19-8-6-18(7-9-19)23-32(28,29)20-10-4-16(5-11-20)21(25)22-17-12-14-24(15-13-17)31(2,26)27/h4-11,17,23H,3,12-15H2,1-2H3,(H,22,25). The molecule has 1 saturated heterocycles. The Balaban J connectivity index is 1.59. The highest BCUT2D eigenvalue weighted by Crippen LogP contribution is 2.20. The lowest BCUT2D eigenvalue weighted by molar-refractivity contribution is 0.0924. The first-order valence-electron chi connectivity index (χ1n) is 10.2. The fraction of sp³-hybridized carbons (Fsp3) is 0.381. The number of hydrogen-bond donors (Lipinski definition) is 2. The summed E-state index contributed by atoms with van der Waals surface area (Å²) in [6.45, 7) is 3.10. The zero-order valence-corrected chi connectivity index (χ0v) is 19.6. The lowest BCUT2D eigenvalue weighted by Crippen LogP contribution is -2.46. The van der Waals surface area contributed by atoms with Crippen LogP contribution in [0.15, 0.2) is 53.4 Å². The van der Waals surface area contributed by atoms with Gasteiger partial charge in [-0.3, -0.25) is 9.52 Å². The van der Waals surface area contributed by atoms with E-state index in [1.54, 1.807) is 24.3 Å². The number of amides is 1. The number of anilines is 1. The van der Waals surface area contributed by atoms with Crippen LogP contribution in [0.5, 0.6) is 5.75 Å². The highest BCUT2D eigenvalue weighted by molar-refractivity contribution is 7.92. The van der Waals surface area contributed by atoms with Gasteiger partial charge in [0.1, 0.15) is 5.75 Å². The molecule has 0 unspecified atom stereocenters. The third-order valence-electron chi connectivity index (χ3n) is 5.10. The Hall–Kier alpha value is -2.63. The van der Waals surface area contributed by atoms with Gasteiger partial charge in [0.25, 0.3) is 15.9 Å². The van der Waals surface area contributed by atoms with E-state index >= 15 is 0 Å². The highest BCUT2D eigenvalue weighted by atomic mass is 32.2. The fourth-order valence-electron chi connectivity index (χ4n) is 3.39. The molecule has 0 atom stereocenters. The van der Waals surface area contributed by atoms with Crippen molar-refractivity contribution < 1.29 is 26.4 Å². The molecule has 1 heterocycles. The summed E-state index contributed by atoms with van der Waals surface area (Å²) >= 11 is 0. The number of piperidine rings is 1. The van der Waals surface area contributed by atoms with Crippen LogP contribution in [0.25, 0.3) is 0 Å². The molecule has 0 aliphatic carbocycles. The van der Waals surface area contributed by atoms with E-state index in [1.165, 1.54) is 34.8 Å². The van der Waals surface area contributed by atoms with E-state index in [9.17, 15) is 21.6 Å². The summed E-state index contributed by atoms with van der Waals surface area (Å²) in [5, 5.41) is 2.88. The Morgan fingerprint density at radius 1 is 1.00 bits per heavy atom. The summed E-state index contributed by atoms with van der Waals surface area (Å²) in [6.07, 6.45) is 2.22. The molecule has 32 heavy (non-hydrogen) atoms. The van der Waals surface area contributed by atoms with Crippen LogP contribution in [0.3, 0.4) is 0 Å². The monoisotopic (exact) mass is 481 g/mol. The van der Waals surface area contributed by atoms with Gasteiger partial charge in [-0.2, -0.15) is 0 Å². The smallest absolute Gasteiger partial charge is 0.261 e. The summed E-state index contributed by atoms with van der Waals surface area (Å²) in [4.78, 5) is 12.5. The van der Waals surface area contributed by atoms with Gasteiger partial charge in [0.15, 0.2) is 0 Å². The summed E-state index contributed by atoms with van der Waals surface area (Å²) in [7, 11) is -7.04. The van der Waals surface area contributed by atoms with E-state index in [0.29, 0.717) is 49.5 Å². The first-order chi connectivity index (χ1) is 15.1. The minimum Gasteiger partial charge on any atom is -0.494 e. The van der Waals surface area contributed by atoms with Crippen molar-refractivity contribution in [3.05, 3.63) is 54.1 Å². The molecule has 9 nitrogen and oxygen atoms in total. The predicted molar refractivity (Wildman–Crippen MR) is 122 cm³/mol. The third-order valence-corrected chi connectivity index (χ3v) is 7.80. The number of nitrogens with zero attached hydrogens (tertiary/aromatic N) is 1. The molecule has 3 rings (SSSR count). The van der Waals surface area contributed by atoms with Gasteiger partial charge >= 0.3 is 0 Å². The van der Waals surface area contributed by atoms with Crippen LogP contribution in [0.2, 0.25) is 0 Å². The molecule has 0 saturated carbocycles. The maximum absolute atomic E-state index is 12.6. The van der Waals surface area contributed by atoms with Crippen LogP contribution in [-0.2, 0) is 20.0 Å². The quantitative estimate of drug-likeness (QED) is 0.595. The van der Waals surface area contributed by atoms with Crippen LogP contribution in [0.4, 0.5) is 5.69 Å². The molecule has 1 aliphatic rings. The summed E-state index contributed by atoms with van der Waals surface area (Å²) in [5.74, 6) is 0.319. The minimum atomic E-state index is -3.81. The van der Waals surface area contributed by atoms with Gasteiger partial charge in [-0.25, -0.2) is 21.1 Å². The second-order valence-corrected chi connectivity index (χ2v) is 11.2. The van der Waals surface area contributed by atoms with Crippen LogP contribution >= 0.6 is 0 Å². The molecule has 1 aliphatic heterocycles. The van der Waals surface area contributed by atoms with Crippen molar-refractivity contribution in [1.29, 1.82) is 0 Å². The van der Waals surface area contributed by atoms with Crippen molar-refractivity contribution in [1.82, 2.24) is 9.62 Å². The molecular weight excluding hydrogens is 454 g/mol. The Labute approximate surface area is 188 Å². The van der Waals surface area contributed by atoms with E-state index in [4.69, 9.17) is 4.74 Å². The predicted octanol–water partition coefficient (Wildman–Crippen LogP) is 2.04. The molecule has 2 N–H and O–H groups in total. The Kier molecular flexibility index (Phi) is 7.42. The Bertz CT molecular complexity index is 1140. The second kappa shape index (κ2) is 9.88. The number of sulfonamides is 2. The molecular formula is C21H27N3O6S2.